The van der Waals surface area contributed by atoms with Gasteiger partial charge in [-0.15, -0.1) is 0 Å². The second-order valence-corrected chi connectivity index (χ2v) is 7.20. The third kappa shape index (κ3) is 6.19. The van der Waals surface area contributed by atoms with Crippen molar-refractivity contribution >= 4 is 47.1 Å². The lowest BCUT2D eigenvalue weighted by molar-refractivity contribution is -0.141. The Kier molecular flexibility index (Phi) is 7.45. The standard InChI is InChI=1S/C22H22N4O4S/c27-20(25-18(21(28)29)11-14-5-2-1-3-6-14)19(13-31)26-22(30)24-16-8-9-17-15(12-16)7-4-10-23-17/h1-10,12,18-19,31H,11,13H2,(H,25,27)(H,28,29)(H2,24,26,30). The quantitative estimate of drug-likeness (QED) is 0.346. The van der Waals surface area contributed by atoms with Crippen LogP contribution in [0.5, 0.6) is 0 Å². The summed E-state index contributed by atoms with van der Waals surface area (Å²) in [5, 5.41) is 18.0. The zero-order valence-electron chi connectivity index (χ0n) is 16.5. The summed E-state index contributed by atoms with van der Waals surface area (Å²) in [6.45, 7) is 0. The average molecular weight is 439 g/mol. The number of hydrogen-bond acceptors (Lipinski definition) is 5. The molecule has 0 aliphatic heterocycles. The van der Waals surface area contributed by atoms with E-state index in [1.165, 1.54) is 0 Å². The zero-order valence-corrected chi connectivity index (χ0v) is 17.4. The molecule has 2 unspecified atom stereocenters. The van der Waals surface area contributed by atoms with E-state index in [9.17, 15) is 19.5 Å². The van der Waals surface area contributed by atoms with Crippen LogP contribution in [0.1, 0.15) is 5.56 Å². The minimum Gasteiger partial charge on any atom is -0.480 e. The first-order chi connectivity index (χ1) is 15.0. The SMILES string of the molecule is O=C(Nc1ccc2ncccc2c1)NC(CS)C(=O)NC(Cc1ccccc1)C(=O)O. The van der Waals surface area contributed by atoms with Gasteiger partial charge in [0.15, 0.2) is 0 Å². The molecule has 0 spiro atoms. The molecule has 2 atom stereocenters. The minimum absolute atomic E-state index is 0.00142. The molecule has 3 aromatic rings. The molecule has 0 aliphatic carbocycles. The molecular formula is C22H22N4O4S. The van der Waals surface area contributed by atoms with Crippen molar-refractivity contribution in [2.75, 3.05) is 11.1 Å². The van der Waals surface area contributed by atoms with Crippen LogP contribution in [0.4, 0.5) is 10.5 Å². The number of hydrogen-bond donors (Lipinski definition) is 5. The van der Waals surface area contributed by atoms with Gasteiger partial charge in [0.2, 0.25) is 5.91 Å². The van der Waals surface area contributed by atoms with Crippen LogP contribution in [-0.2, 0) is 16.0 Å². The highest BCUT2D eigenvalue weighted by molar-refractivity contribution is 7.80. The number of carbonyl (C=O) groups excluding carboxylic acids is 2. The number of benzene rings is 2. The van der Waals surface area contributed by atoms with Crippen molar-refractivity contribution in [3.63, 3.8) is 0 Å². The second-order valence-electron chi connectivity index (χ2n) is 6.83. The number of aliphatic carboxylic acids is 1. The second kappa shape index (κ2) is 10.4. The average Bonchev–Trinajstić information content (AvgIpc) is 2.77. The predicted octanol–water partition coefficient (Wildman–Crippen LogP) is 2.47. The fourth-order valence-corrected chi connectivity index (χ4v) is 3.25. The van der Waals surface area contributed by atoms with Crippen LogP contribution in [0, 0.1) is 0 Å². The fourth-order valence-electron chi connectivity index (χ4n) is 3.00. The van der Waals surface area contributed by atoms with Gasteiger partial charge in [-0.2, -0.15) is 12.6 Å². The van der Waals surface area contributed by atoms with Gasteiger partial charge in [0.05, 0.1) is 5.52 Å². The molecule has 9 heteroatoms. The summed E-state index contributed by atoms with van der Waals surface area (Å²) in [6.07, 6.45) is 1.80. The number of amides is 3. The first-order valence-corrected chi connectivity index (χ1v) is 10.2. The van der Waals surface area contributed by atoms with Crippen LogP contribution in [0.3, 0.4) is 0 Å². The molecule has 0 bridgehead atoms. The van der Waals surface area contributed by atoms with Gasteiger partial charge < -0.3 is 21.1 Å². The predicted molar refractivity (Wildman–Crippen MR) is 121 cm³/mol. The maximum atomic E-state index is 12.6. The Bertz CT molecular complexity index is 1080. The van der Waals surface area contributed by atoms with Gasteiger partial charge in [0.25, 0.3) is 0 Å². The van der Waals surface area contributed by atoms with Gasteiger partial charge in [-0.1, -0.05) is 36.4 Å². The molecule has 1 heterocycles. The van der Waals surface area contributed by atoms with Gasteiger partial charge in [-0.25, -0.2) is 9.59 Å². The molecule has 160 valence electrons. The molecule has 0 fully saturated rings. The van der Waals surface area contributed by atoms with Crippen molar-refractivity contribution in [1.29, 1.82) is 0 Å². The third-order valence-electron chi connectivity index (χ3n) is 4.56. The van der Waals surface area contributed by atoms with E-state index in [0.717, 1.165) is 16.5 Å². The largest absolute Gasteiger partial charge is 0.480 e. The van der Waals surface area contributed by atoms with Crippen LogP contribution in [0.15, 0.2) is 66.9 Å². The number of thiol groups is 1. The summed E-state index contributed by atoms with van der Waals surface area (Å²) in [6, 6.07) is 15.1. The molecule has 2 aromatic carbocycles. The van der Waals surface area contributed by atoms with E-state index in [4.69, 9.17) is 0 Å². The molecule has 8 nitrogen and oxygen atoms in total. The summed E-state index contributed by atoms with van der Waals surface area (Å²) in [5.41, 5.74) is 2.09. The fraction of sp³-hybridized carbons (Fsp3) is 0.182. The van der Waals surface area contributed by atoms with Crippen molar-refractivity contribution < 1.29 is 19.5 Å². The first-order valence-electron chi connectivity index (χ1n) is 9.56. The number of fused-ring (bicyclic) bond motifs is 1. The molecule has 0 radical (unpaired) electrons. The summed E-state index contributed by atoms with van der Waals surface area (Å²) < 4.78 is 0. The summed E-state index contributed by atoms with van der Waals surface area (Å²) in [7, 11) is 0. The molecule has 1 aromatic heterocycles. The number of carboxylic acid groups (broad SMARTS) is 1. The van der Waals surface area contributed by atoms with Gasteiger partial charge in [0, 0.05) is 29.4 Å². The minimum atomic E-state index is -1.16. The number of nitrogens with zero attached hydrogens (tertiary/aromatic N) is 1. The molecule has 4 N–H and O–H groups in total. The lowest BCUT2D eigenvalue weighted by Gasteiger charge is -2.20. The smallest absolute Gasteiger partial charge is 0.326 e. The van der Waals surface area contributed by atoms with E-state index in [-0.39, 0.29) is 12.2 Å². The highest BCUT2D eigenvalue weighted by Crippen LogP contribution is 2.16. The Morgan fingerprint density at radius 1 is 0.968 bits per heavy atom. The van der Waals surface area contributed by atoms with Gasteiger partial charge in [-0.3, -0.25) is 9.78 Å². The van der Waals surface area contributed by atoms with E-state index in [2.05, 4.69) is 33.6 Å². The summed E-state index contributed by atoms with van der Waals surface area (Å²) in [4.78, 5) is 40.7. The summed E-state index contributed by atoms with van der Waals surface area (Å²) >= 11 is 4.12. The Hall–Kier alpha value is -3.59. The number of urea groups is 1. The molecular weight excluding hydrogens is 416 g/mol. The van der Waals surface area contributed by atoms with E-state index in [0.29, 0.717) is 5.69 Å². The lowest BCUT2D eigenvalue weighted by atomic mass is 10.1. The first kappa shape index (κ1) is 22.1. The zero-order chi connectivity index (χ0) is 22.2. The van der Waals surface area contributed by atoms with Crippen LogP contribution in [0.25, 0.3) is 10.9 Å². The van der Waals surface area contributed by atoms with E-state index in [1.54, 1.807) is 54.7 Å². The Morgan fingerprint density at radius 2 is 1.74 bits per heavy atom. The van der Waals surface area contributed by atoms with Gasteiger partial charge >= 0.3 is 12.0 Å². The van der Waals surface area contributed by atoms with Crippen LogP contribution in [0.2, 0.25) is 0 Å². The maximum absolute atomic E-state index is 12.6. The number of carbonyl (C=O) groups is 3. The van der Waals surface area contributed by atoms with Gasteiger partial charge in [-0.05, 0) is 29.8 Å². The number of carboxylic acids is 1. The monoisotopic (exact) mass is 438 g/mol. The summed E-state index contributed by atoms with van der Waals surface area (Å²) in [5.74, 6) is -1.79. The van der Waals surface area contributed by atoms with Gasteiger partial charge in [0.1, 0.15) is 12.1 Å². The van der Waals surface area contributed by atoms with E-state index >= 15 is 0 Å². The maximum Gasteiger partial charge on any atom is 0.326 e. The van der Waals surface area contributed by atoms with E-state index < -0.39 is 30.0 Å². The topological polar surface area (TPSA) is 120 Å². The normalized spacial score (nSPS) is 12.5. The molecule has 0 aliphatic rings. The number of nitrogens with one attached hydrogen (secondary N) is 3. The van der Waals surface area contributed by atoms with E-state index in [1.807, 2.05) is 12.1 Å². The van der Waals surface area contributed by atoms with Crippen molar-refractivity contribution in [3.05, 3.63) is 72.4 Å². The van der Waals surface area contributed by atoms with Crippen molar-refractivity contribution in [3.8, 4) is 0 Å². The van der Waals surface area contributed by atoms with Crippen LogP contribution in [-0.4, -0.2) is 45.8 Å². The number of pyridine rings is 1. The lowest BCUT2D eigenvalue weighted by Crippen LogP contribution is -2.53. The Morgan fingerprint density at radius 3 is 2.45 bits per heavy atom. The molecule has 0 saturated carbocycles. The number of rotatable bonds is 8. The number of aromatic nitrogens is 1. The Labute approximate surface area is 184 Å². The molecule has 31 heavy (non-hydrogen) atoms. The number of anilines is 1. The van der Waals surface area contributed by atoms with Crippen molar-refractivity contribution in [1.82, 2.24) is 15.6 Å². The molecule has 3 rings (SSSR count). The van der Waals surface area contributed by atoms with Crippen LogP contribution >= 0.6 is 12.6 Å². The van der Waals surface area contributed by atoms with Crippen molar-refractivity contribution in [2.45, 2.75) is 18.5 Å². The molecule has 3 amide bonds. The van der Waals surface area contributed by atoms with Crippen LogP contribution < -0.4 is 16.0 Å². The highest BCUT2D eigenvalue weighted by atomic mass is 32.1. The third-order valence-corrected chi connectivity index (χ3v) is 4.93. The highest BCUT2D eigenvalue weighted by Gasteiger charge is 2.26. The van der Waals surface area contributed by atoms with Crippen molar-refractivity contribution in [2.24, 2.45) is 0 Å². The Balaban J connectivity index is 1.60. The molecule has 0 saturated heterocycles.